The molecule has 118 valence electrons. The molecule has 2 rings (SSSR count). The molecule has 1 aromatic carbocycles. The summed E-state index contributed by atoms with van der Waals surface area (Å²) in [4.78, 5) is 16.3. The molecule has 6 heteroatoms. The van der Waals surface area contributed by atoms with Crippen LogP contribution in [0.2, 0.25) is 0 Å². The Bertz CT molecular complexity index is 731. The lowest BCUT2D eigenvalue weighted by atomic mass is 10.2. The van der Waals surface area contributed by atoms with E-state index < -0.39 is 0 Å². The van der Waals surface area contributed by atoms with Gasteiger partial charge in [0, 0.05) is 13.5 Å². The van der Waals surface area contributed by atoms with Crippen LogP contribution in [-0.2, 0) is 0 Å². The Hall–Kier alpha value is -2.65. The van der Waals surface area contributed by atoms with Gasteiger partial charge >= 0.3 is 0 Å². The Kier molecular flexibility index (Phi) is 6.33. The van der Waals surface area contributed by atoms with E-state index in [1.54, 1.807) is 13.2 Å². The van der Waals surface area contributed by atoms with E-state index in [1.165, 1.54) is 11.3 Å². The number of nitriles is 1. The fourth-order valence-corrected chi connectivity index (χ4v) is 2.58. The third kappa shape index (κ3) is 5.24. The summed E-state index contributed by atoms with van der Waals surface area (Å²) in [6.45, 7) is 0.530. The van der Waals surface area contributed by atoms with E-state index in [1.807, 2.05) is 36.4 Å². The van der Waals surface area contributed by atoms with Gasteiger partial charge in [0.2, 0.25) is 0 Å². The van der Waals surface area contributed by atoms with E-state index in [-0.39, 0.29) is 5.91 Å². The van der Waals surface area contributed by atoms with E-state index >= 15 is 0 Å². The van der Waals surface area contributed by atoms with Crippen molar-refractivity contribution in [1.29, 1.82) is 5.26 Å². The van der Waals surface area contributed by atoms with Crippen LogP contribution in [0, 0.1) is 11.3 Å². The van der Waals surface area contributed by atoms with Crippen molar-refractivity contribution in [3.63, 3.8) is 0 Å². The van der Waals surface area contributed by atoms with Gasteiger partial charge in [0.05, 0.1) is 18.9 Å². The quantitative estimate of drug-likeness (QED) is 0.791. The van der Waals surface area contributed by atoms with E-state index in [4.69, 9.17) is 10.00 Å². The highest BCUT2D eigenvalue weighted by Crippen LogP contribution is 2.18. The molecular weight excluding hydrogens is 310 g/mol. The Morgan fingerprint density at radius 3 is 3.13 bits per heavy atom. The molecule has 2 aromatic rings. The van der Waals surface area contributed by atoms with Crippen molar-refractivity contribution < 1.29 is 9.53 Å². The topological polar surface area (TPSA) is 75.0 Å². The summed E-state index contributed by atoms with van der Waals surface area (Å²) in [5.41, 5.74) is 0.986. The van der Waals surface area contributed by atoms with Gasteiger partial charge in [-0.15, -0.1) is 11.3 Å². The Morgan fingerprint density at radius 1 is 1.48 bits per heavy atom. The second-order valence-corrected chi connectivity index (χ2v) is 5.72. The number of nitrogens with zero attached hydrogens (tertiary/aromatic N) is 2. The normalized spacial score (nSPS) is 10.4. The van der Waals surface area contributed by atoms with Crippen LogP contribution in [-0.4, -0.2) is 24.5 Å². The van der Waals surface area contributed by atoms with Gasteiger partial charge in [0.15, 0.2) is 0 Å². The number of hydrogen-bond acceptors (Lipinski definition) is 5. The number of amides is 1. The van der Waals surface area contributed by atoms with Crippen LogP contribution >= 0.6 is 11.3 Å². The lowest BCUT2D eigenvalue weighted by Crippen LogP contribution is -2.16. The number of carbonyl (C=O) groups excluding carboxylic acids is 1. The first-order chi connectivity index (χ1) is 11.2. The van der Waals surface area contributed by atoms with Gasteiger partial charge in [-0.05, 0) is 30.2 Å². The van der Waals surface area contributed by atoms with Crippen molar-refractivity contribution in [2.45, 2.75) is 12.8 Å². The van der Waals surface area contributed by atoms with Gasteiger partial charge < -0.3 is 10.1 Å². The number of aromatic nitrogens is 1. The van der Waals surface area contributed by atoms with Crippen molar-refractivity contribution in [3.8, 4) is 11.8 Å². The maximum atomic E-state index is 11.5. The minimum Gasteiger partial charge on any atom is -0.494 e. The third-order valence-corrected chi connectivity index (χ3v) is 3.91. The zero-order valence-corrected chi connectivity index (χ0v) is 13.6. The highest BCUT2D eigenvalue weighted by Gasteiger charge is 2.06. The molecule has 0 atom stereocenters. The van der Waals surface area contributed by atoms with Crippen molar-refractivity contribution in [2.24, 2.45) is 0 Å². The number of ether oxygens (including phenoxy) is 1. The second-order valence-electron chi connectivity index (χ2n) is 4.66. The smallest absolute Gasteiger partial charge is 0.262 e. The summed E-state index contributed by atoms with van der Waals surface area (Å²) in [7, 11) is 1.60. The minimum atomic E-state index is -0.130. The lowest BCUT2D eigenvalue weighted by Gasteiger charge is -2.05. The lowest BCUT2D eigenvalue weighted by molar-refractivity contribution is 0.0967. The van der Waals surface area contributed by atoms with Gasteiger partial charge in [-0.25, -0.2) is 4.98 Å². The fourth-order valence-electron chi connectivity index (χ4n) is 1.81. The summed E-state index contributed by atoms with van der Waals surface area (Å²) in [5, 5.41) is 11.8. The molecule has 1 aromatic heterocycles. The molecule has 0 bridgehead atoms. The van der Waals surface area contributed by atoms with Crippen LogP contribution in [0.5, 0.6) is 5.75 Å². The van der Waals surface area contributed by atoms with Gasteiger partial charge in [-0.2, -0.15) is 5.26 Å². The molecule has 0 radical (unpaired) electrons. The van der Waals surface area contributed by atoms with Crippen LogP contribution in [0.25, 0.3) is 12.2 Å². The average molecular weight is 327 g/mol. The van der Waals surface area contributed by atoms with Crippen molar-refractivity contribution in [2.75, 3.05) is 13.7 Å². The highest BCUT2D eigenvalue weighted by molar-refractivity contribution is 7.14. The molecular formula is C17H17N3O2S. The summed E-state index contributed by atoms with van der Waals surface area (Å²) in [6, 6.07) is 9.78. The van der Waals surface area contributed by atoms with E-state index in [9.17, 15) is 4.79 Å². The maximum Gasteiger partial charge on any atom is 0.262 e. The standard InChI is InChI=1S/C17H17N3O2S/c1-19-17(21)15-12-20-16(23-15)8-7-13-5-4-6-14(11-13)22-10-3-2-9-18/h4-8,11-12H,2-3,10H2,1H3,(H,19,21)/b8-7+. The van der Waals surface area contributed by atoms with E-state index in [0.717, 1.165) is 22.7 Å². The van der Waals surface area contributed by atoms with Crippen LogP contribution in [0.15, 0.2) is 30.5 Å². The number of carbonyl (C=O) groups is 1. The van der Waals surface area contributed by atoms with Crippen LogP contribution in [0.1, 0.15) is 33.1 Å². The molecule has 0 spiro atoms. The van der Waals surface area contributed by atoms with Crippen LogP contribution in [0.4, 0.5) is 0 Å². The van der Waals surface area contributed by atoms with Gasteiger partial charge in [-0.3, -0.25) is 4.79 Å². The first-order valence-electron chi connectivity index (χ1n) is 7.18. The van der Waals surface area contributed by atoms with E-state index in [2.05, 4.69) is 16.4 Å². The van der Waals surface area contributed by atoms with E-state index in [0.29, 0.717) is 17.9 Å². The fraction of sp³-hybridized carbons (Fsp3) is 0.235. The zero-order chi connectivity index (χ0) is 16.5. The number of hydrogen-bond donors (Lipinski definition) is 1. The molecule has 5 nitrogen and oxygen atoms in total. The molecule has 23 heavy (non-hydrogen) atoms. The monoisotopic (exact) mass is 327 g/mol. The average Bonchev–Trinajstić information content (AvgIpc) is 3.06. The SMILES string of the molecule is CNC(=O)c1cnc(/C=C/c2cccc(OCCCC#N)c2)s1. The van der Waals surface area contributed by atoms with Gasteiger partial charge in [-0.1, -0.05) is 18.2 Å². The third-order valence-electron chi connectivity index (χ3n) is 2.95. The summed E-state index contributed by atoms with van der Waals surface area (Å²) < 4.78 is 5.60. The minimum absolute atomic E-state index is 0.130. The molecule has 1 heterocycles. The van der Waals surface area contributed by atoms with Crippen molar-refractivity contribution >= 4 is 29.4 Å². The predicted molar refractivity (Wildman–Crippen MR) is 91.2 cm³/mol. The number of thiazole rings is 1. The molecule has 1 amide bonds. The summed E-state index contributed by atoms with van der Waals surface area (Å²) >= 11 is 1.34. The maximum absolute atomic E-state index is 11.5. The van der Waals surface area contributed by atoms with Crippen LogP contribution < -0.4 is 10.1 Å². The first-order valence-corrected chi connectivity index (χ1v) is 8.00. The molecule has 0 saturated carbocycles. The summed E-state index contributed by atoms with van der Waals surface area (Å²) in [5.74, 6) is 0.644. The molecule has 0 unspecified atom stereocenters. The van der Waals surface area contributed by atoms with Gasteiger partial charge in [0.25, 0.3) is 5.91 Å². The van der Waals surface area contributed by atoms with Crippen molar-refractivity contribution in [3.05, 3.63) is 45.9 Å². The number of nitrogens with one attached hydrogen (secondary N) is 1. The molecule has 0 aliphatic heterocycles. The van der Waals surface area contributed by atoms with Crippen LogP contribution in [0.3, 0.4) is 0 Å². The zero-order valence-electron chi connectivity index (χ0n) is 12.8. The highest BCUT2D eigenvalue weighted by atomic mass is 32.1. The number of unbranched alkanes of at least 4 members (excludes halogenated alkanes) is 1. The molecule has 0 saturated heterocycles. The number of benzene rings is 1. The largest absolute Gasteiger partial charge is 0.494 e. The number of rotatable bonds is 7. The molecule has 0 fully saturated rings. The Labute approximate surface area is 139 Å². The Balaban J connectivity index is 1.98. The Morgan fingerprint density at radius 2 is 2.35 bits per heavy atom. The first kappa shape index (κ1) is 16.7. The second kappa shape index (κ2) is 8.71. The van der Waals surface area contributed by atoms with Crippen molar-refractivity contribution in [1.82, 2.24) is 10.3 Å². The van der Waals surface area contributed by atoms with Gasteiger partial charge in [0.1, 0.15) is 15.6 Å². The molecule has 0 aliphatic carbocycles. The molecule has 0 aliphatic rings. The molecule has 1 N–H and O–H groups in total. The predicted octanol–water partition coefficient (Wildman–Crippen LogP) is 3.36. The summed E-state index contributed by atoms with van der Waals surface area (Å²) in [6.07, 6.45) is 6.58.